The number of rotatable bonds is 2. The summed E-state index contributed by atoms with van der Waals surface area (Å²) < 4.78 is 37.2. The van der Waals surface area contributed by atoms with Crippen LogP contribution in [0.4, 0.5) is 19.1 Å². The lowest BCUT2D eigenvalue weighted by Gasteiger charge is -2.00. The maximum Gasteiger partial charge on any atom is 0.451 e. The molecular formula is C12H9F3N6O. The predicted molar refractivity (Wildman–Crippen MR) is 70.2 cm³/mol. The highest BCUT2D eigenvalue weighted by Gasteiger charge is 2.35. The Morgan fingerprint density at radius 3 is 2.68 bits per heavy atom. The van der Waals surface area contributed by atoms with Gasteiger partial charge in [-0.1, -0.05) is 11.6 Å². The van der Waals surface area contributed by atoms with Crippen LogP contribution in [-0.2, 0) is 6.18 Å². The van der Waals surface area contributed by atoms with E-state index < -0.39 is 23.9 Å². The number of nitrogens with one attached hydrogen (secondary N) is 3. The Bertz CT molecular complexity index is 850. The Morgan fingerprint density at radius 1 is 1.23 bits per heavy atom. The molecule has 3 aromatic rings. The highest BCUT2D eigenvalue weighted by molar-refractivity contribution is 6.10. The van der Waals surface area contributed by atoms with Crippen molar-refractivity contribution in [3.63, 3.8) is 0 Å². The molecule has 22 heavy (non-hydrogen) atoms. The number of hydrogen-bond donors (Lipinski definition) is 3. The number of H-pyrrole nitrogens is 2. The van der Waals surface area contributed by atoms with Gasteiger partial charge < -0.3 is 0 Å². The molecule has 0 bridgehead atoms. The van der Waals surface area contributed by atoms with E-state index in [1.54, 1.807) is 17.2 Å². The lowest BCUT2D eigenvalue weighted by Crippen LogP contribution is -2.14. The third-order valence-electron chi connectivity index (χ3n) is 2.91. The zero-order valence-electron chi connectivity index (χ0n) is 11.1. The van der Waals surface area contributed by atoms with Crippen molar-refractivity contribution in [3.8, 4) is 0 Å². The molecule has 0 aliphatic rings. The van der Waals surface area contributed by atoms with Crippen LogP contribution in [-0.4, -0.2) is 31.3 Å². The number of fused-ring (bicyclic) bond motifs is 1. The van der Waals surface area contributed by atoms with Gasteiger partial charge in [0.15, 0.2) is 5.69 Å². The minimum atomic E-state index is -4.66. The fourth-order valence-electron chi connectivity index (χ4n) is 1.91. The zero-order valence-corrected chi connectivity index (χ0v) is 11.1. The van der Waals surface area contributed by atoms with Crippen LogP contribution in [0.2, 0.25) is 0 Å². The number of hydrogen-bond acceptors (Lipinski definition) is 4. The first-order valence-corrected chi connectivity index (χ1v) is 6.10. The molecule has 0 atom stereocenters. The van der Waals surface area contributed by atoms with Crippen LogP contribution in [0.5, 0.6) is 0 Å². The molecule has 2 heterocycles. The summed E-state index contributed by atoms with van der Waals surface area (Å²) in [7, 11) is 0. The number of aryl methyl sites for hydroxylation is 1. The first-order chi connectivity index (χ1) is 10.3. The number of nitrogens with zero attached hydrogens (tertiary/aromatic N) is 3. The predicted octanol–water partition coefficient (Wildman–Crippen LogP) is 2.26. The molecule has 0 spiro atoms. The Morgan fingerprint density at radius 2 is 2.00 bits per heavy atom. The first kappa shape index (κ1) is 14.0. The van der Waals surface area contributed by atoms with Gasteiger partial charge in [-0.15, -0.1) is 5.10 Å². The van der Waals surface area contributed by atoms with Gasteiger partial charge in [0, 0.05) is 5.39 Å². The van der Waals surface area contributed by atoms with Crippen molar-refractivity contribution in [3.05, 3.63) is 35.3 Å². The number of aromatic nitrogens is 5. The number of carbonyl (C=O) groups excluding carboxylic acids is 1. The number of alkyl halides is 3. The second-order valence-electron chi connectivity index (χ2n) is 4.58. The lowest BCUT2D eigenvalue weighted by molar-refractivity contribution is -0.144. The van der Waals surface area contributed by atoms with E-state index in [1.165, 1.54) is 0 Å². The van der Waals surface area contributed by atoms with Gasteiger partial charge in [0.05, 0.1) is 5.52 Å². The van der Waals surface area contributed by atoms with Crippen LogP contribution < -0.4 is 5.32 Å². The van der Waals surface area contributed by atoms with Crippen LogP contribution in [0.1, 0.15) is 21.9 Å². The number of carbonyl (C=O) groups is 1. The van der Waals surface area contributed by atoms with Gasteiger partial charge in [-0.3, -0.25) is 20.3 Å². The van der Waals surface area contributed by atoms with Gasteiger partial charge in [-0.2, -0.15) is 23.3 Å². The number of amides is 1. The van der Waals surface area contributed by atoms with Gasteiger partial charge in [-0.25, -0.2) is 0 Å². The van der Waals surface area contributed by atoms with E-state index in [4.69, 9.17) is 0 Å². The maximum atomic E-state index is 12.4. The molecule has 10 heteroatoms. The maximum absolute atomic E-state index is 12.4. The molecule has 0 aliphatic heterocycles. The largest absolute Gasteiger partial charge is 0.451 e. The summed E-state index contributed by atoms with van der Waals surface area (Å²) in [4.78, 5) is 15.3. The third kappa shape index (κ3) is 2.50. The molecule has 2 aromatic heterocycles. The highest BCUT2D eigenvalue weighted by atomic mass is 19.4. The monoisotopic (exact) mass is 310 g/mol. The Kier molecular flexibility index (Phi) is 3.08. The molecule has 0 saturated heterocycles. The molecule has 1 aromatic carbocycles. The van der Waals surface area contributed by atoms with Gasteiger partial charge in [0.2, 0.25) is 11.8 Å². The normalized spacial score (nSPS) is 11.8. The van der Waals surface area contributed by atoms with Crippen LogP contribution in [0.15, 0.2) is 18.2 Å². The fourth-order valence-corrected chi connectivity index (χ4v) is 1.91. The van der Waals surface area contributed by atoms with Crippen molar-refractivity contribution in [2.24, 2.45) is 0 Å². The molecule has 1 amide bonds. The SMILES string of the molecule is Cc1ccc2[nH]nc(C(=O)Nc3n[nH]c(C(F)(F)F)n3)c2c1. The summed E-state index contributed by atoms with van der Waals surface area (Å²) in [6.07, 6.45) is -4.66. The van der Waals surface area contributed by atoms with Crippen molar-refractivity contribution in [1.82, 2.24) is 25.4 Å². The quantitative estimate of drug-likeness (QED) is 0.676. The van der Waals surface area contributed by atoms with E-state index in [-0.39, 0.29) is 5.69 Å². The van der Waals surface area contributed by atoms with Crippen LogP contribution in [0.25, 0.3) is 10.9 Å². The van der Waals surface area contributed by atoms with E-state index in [1.807, 2.05) is 13.0 Å². The first-order valence-electron chi connectivity index (χ1n) is 6.10. The summed E-state index contributed by atoms with van der Waals surface area (Å²) in [6.45, 7) is 1.85. The molecule has 0 aliphatic carbocycles. The van der Waals surface area contributed by atoms with E-state index in [2.05, 4.69) is 25.6 Å². The summed E-state index contributed by atoms with van der Waals surface area (Å²) in [5, 5.41) is 14.3. The van der Waals surface area contributed by atoms with E-state index in [0.29, 0.717) is 10.9 Å². The second-order valence-corrected chi connectivity index (χ2v) is 4.58. The van der Waals surface area contributed by atoms with Crippen LogP contribution in [0.3, 0.4) is 0 Å². The van der Waals surface area contributed by atoms with Gasteiger partial charge in [0.25, 0.3) is 5.91 Å². The Balaban J connectivity index is 1.87. The second kappa shape index (κ2) is 4.83. The van der Waals surface area contributed by atoms with Gasteiger partial charge in [0.1, 0.15) is 0 Å². The Labute approximate surface area is 120 Å². The minimum absolute atomic E-state index is 0.0528. The van der Waals surface area contributed by atoms with E-state index in [9.17, 15) is 18.0 Å². The highest BCUT2D eigenvalue weighted by Crippen LogP contribution is 2.26. The molecular weight excluding hydrogens is 301 g/mol. The van der Waals surface area contributed by atoms with Crippen molar-refractivity contribution in [2.45, 2.75) is 13.1 Å². The topological polar surface area (TPSA) is 99.4 Å². The minimum Gasteiger partial charge on any atom is -0.288 e. The van der Waals surface area contributed by atoms with Crippen molar-refractivity contribution in [2.75, 3.05) is 5.32 Å². The molecule has 0 radical (unpaired) electrons. The van der Waals surface area contributed by atoms with Crippen molar-refractivity contribution in [1.29, 1.82) is 0 Å². The lowest BCUT2D eigenvalue weighted by atomic mass is 10.1. The number of aromatic amines is 2. The number of benzene rings is 1. The molecule has 0 saturated carbocycles. The molecule has 0 unspecified atom stereocenters. The number of halogens is 3. The summed E-state index contributed by atoms with van der Waals surface area (Å²) >= 11 is 0. The zero-order chi connectivity index (χ0) is 15.9. The standard InChI is InChI=1S/C12H9F3N6O/c1-5-2-3-7-6(4-5)8(19-18-7)9(22)16-11-17-10(20-21-11)12(13,14)15/h2-4H,1H3,(H,18,19)(H2,16,17,20,21,22). The average molecular weight is 310 g/mol. The summed E-state index contributed by atoms with van der Waals surface area (Å²) in [5.74, 6) is -2.46. The molecule has 114 valence electrons. The van der Waals surface area contributed by atoms with Crippen LogP contribution >= 0.6 is 0 Å². The van der Waals surface area contributed by atoms with E-state index in [0.717, 1.165) is 5.56 Å². The molecule has 3 rings (SSSR count). The fraction of sp³-hybridized carbons (Fsp3) is 0.167. The van der Waals surface area contributed by atoms with Gasteiger partial charge in [-0.05, 0) is 19.1 Å². The van der Waals surface area contributed by atoms with Gasteiger partial charge >= 0.3 is 6.18 Å². The van der Waals surface area contributed by atoms with Crippen molar-refractivity contribution < 1.29 is 18.0 Å². The average Bonchev–Trinajstić information content (AvgIpc) is 3.04. The smallest absolute Gasteiger partial charge is 0.288 e. The van der Waals surface area contributed by atoms with Crippen molar-refractivity contribution >= 4 is 22.8 Å². The molecule has 3 N–H and O–H groups in total. The molecule has 7 nitrogen and oxygen atoms in total. The summed E-state index contributed by atoms with van der Waals surface area (Å²) in [5.41, 5.74) is 1.61. The molecule has 0 fully saturated rings. The van der Waals surface area contributed by atoms with E-state index >= 15 is 0 Å². The Hall–Kier alpha value is -2.91. The van der Waals surface area contributed by atoms with Crippen LogP contribution in [0, 0.1) is 6.92 Å². The third-order valence-corrected chi connectivity index (χ3v) is 2.91. The number of anilines is 1. The summed E-state index contributed by atoms with van der Waals surface area (Å²) in [6, 6.07) is 5.34.